The molecule has 0 saturated carbocycles. The van der Waals surface area contributed by atoms with Crippen LogP contribution in [0.1, 0.15) is 11.1 Å². The van der Waals surface area contributed by atoms with Crippen molar-refractivity contribution in [2.45, 2.75) is 12.2 Å². The van der Waals surface area contributed by atoms with Gasteiger partial charge in [-0.15, -0.1) is 0 Å². The number of sulfone groups is 1. The van der Waals surface area contributed by atoms with Crippen LogP contribution in [-0.2, 0) is 41.1 Å². The van der Waals surface area contributed by atoms with E-state index in [0.717, 1.165) is 7.11 Å². The van der Waals surface area contributed by atoms with E-state index in [2.05, 4.69) is 9.47 Å². The molecule has 0 aliphatic rings. The van der Waals surface area contributed by atoms with Crippen molar-refractivity contribution in [1.29, 1.82) is 0 Å². The van der Waals surface area contributed by atoms with Gasteiger partial charge in [0.25, 0.3) is 0 Å². The third kappa shape index (κ3) is 5.00. The van der Waals surface area contributed by atoms with E-state index in [1.807, 2.05) is 0 Å². The Hall–Kier alpha value is -1.89. The molecule has 0 heterocycles. The number of ether oxygens (including phenoxy) is 2. The minimum atomic E-state index is -3.64. The van der Waals surface area contributed by atoms with Gasteiger partial charge in [-0.2, -0.15) is 0 Å². The van der Waals surface area contributed by atoms with E-state index >= 15 is 0 Å². The van der Waals surface area contributed by atoms with Gasteiger partial charge in [0.2, 0.25) is 0 Å². The SMILES string of the molecule is COC(=O)Cc1ccccc1CS(=O)(=O)CC(=O)OC. The van der Waals surface area contributed by atoms with Gasteiger partial charge >= 0.3 is 11.9 Å². The van der Waals surface area contributed by atoms with E-state index in [9.17, 15) is 18.0 Å². The summed E-state index contributed by atoms with van der Waals surface area (Å²) >= 11 is 0. The van der Waals surface area contributed by atoms with Crippen molar-refractivity contribution in [3.8, 4) is 0 Å². The first-order chi connectivity index (χ1) is 9.38. The van der Waals surface area contributed by atoms with Crippen LogP contribution in [0.3, 0.4) is 0 Å². The van der Waals surface area contributed by atoms with Crippen LogP contribution in [-0.4, -0.2) is 40.3 Å². The largest absolute Gasteiger partial charge is 0.469 e. The minimum absolute atomic E-state index is 0.0135. The second-order valence-corrected chi connectivity index (χ2v) is 6.19. The van der Waals surface area contributed by atoms with E-state index in [0.29, 0.717) is 11.1 Å². The van der Waals surface area contributed by atoms with Crippen LogP contribution in [0, 0.1) is 0 Å². The fourth-order valence-corrected chi connectivity index (χ4v) is 2.96. The summed E-state index contributed by atoms with van der Waals surface area (Å²) in [6.07, 6.45) is -0.0135. The predicted octanol–water partition coefficient (Wildman–Crippen LogP) is 0.490. The molecule has 1 aromatic rings. The fraction of sp³-hybridized carbons (Fsp3) is 0.385. The molecule has 20 heavy (non-hydrogen) atoms. The van der Waals surface area contributed by atoms with E-state index < -0.39 is 27.5 Å². The average molecular weight is 300 g/mol. The molecule has 0 amide bonds. The minimum Gasteiger partial charge on any atom is -0.469 e. The summed E-state index contributed by atoms with van der Waals surface area (Å²) in [7, 11) is -1.25. The van der Waals surface area contributed by atoms with Gasteiger partial charge in [0.15, 0.2) is 9.84 Å². The highest BCUT2D eigenvalue weighted by Crippen LogP contribution is 2.14. The van der Waals surface area contributed by atoms with Crippen molar-refractivity contribution in [3.63, 3.8) is 0 Å². The van der Waals surface area contributed by atoms with E-state index in [4.69, 9.17) is 0 Å². The highest BCUT2D eigenvalue weighted by atomic mass is 32.2. The molecule has 6 nitrogen and oxygen atoms in total. The summed E-state index contributed by atoms with van der Waals surface area (Å²) in [4.78, 5) is 22.3. The smallest absolute Gasteiger partial charge is 0.320 e. The normalized spacial score (nSPS) is 10.9. The molecule has 0 unspecified atom stereocenters. The van der Waals surface area contributed by atoms with Crippen LogP contribution in [0.25, 0.3) is 0 Å². The summed E-state index contributed by atoms with van der Waals surface area (Å²) in [5, 5.41) is 0. The maximum absolute atomic E-state index is 11.9. The average Bonchev–Trinajstić information content (AvgIpc) is 2.39. The molecule has 7 heteroatoms. The molecule has 0 bridgehead atoms. The molecule has 0 aliphatic carbocycles. The lowest BCUT2D eigenvalue weighted by Crippen LogP contribution is -2.19. The van der Waals surface area contributed by atoms with E-state index in [1.54, 1.807) is 24.3 Å². The van der Waals surface area contributed by atoms with Crippen LogP contribution in [0.2, 0.25) is 0 Å². The molecule has 0 N–H and O–H groups in total. The summed E-state index contributed by atoms with van der Waals surface area (Å²) in [6, 6.07) is 6.63. The van der Waals surface area contributed by atoms with Gasteiger partial charge in [0, 0.05) is 0 Å². The predicted molar refractivity (Wildman–Crippen MR) is 71.7 cm³/mol. The highest BCUT2D eigenvalue weighted by Gasteiger charge is 2.20. The number of rotatable bonds is 6. The van der Waals surface area contributed by atoms with Crippen LogP contribution < -0.4 is 0 Å². The Morgan fingerprint density at radius 2 is 1.55 bits per heavy atom. The maximum atomic E-state index is 11.9. The zero-order chi connectivity index (χ0) is 15.2. The molecule has 0 atom stereocenters. The number of benzene rings is 1. The van der Waals surface area contributed by atoms with Crippen LogP contribution in [0.4, 0.5) is 0 Å². The summed E-state index contributed by atoms with van der Waals surface area (Å²) in [5.41, 5.74) is 1.04. The first kappa shape index (κ1) is 16.2. The molecular formula is C13H16O6S. The fourth-order valence-electron chi connectivity index (χ4n) is 1.62. The number of carbonyl (C=O) groups is 2. The van der Waals surface area contributed by atoms with Crippen LogP contribution in [0.15, 0.2) is 24.3 Å². The van der Waals surface area contributed by atoms with Crippen molar-refractivity contribution in [2.75, 3.05) is 20.0 Å². The molecule has 1 aromatic carbocycles. The van der Waals surface area contributed by atoms with Gasteiger partial charge < -0.3 is 9.47 Å². The molecule has 1 rings (SSSR count). The summed E-state index contributed by atoms with van der Waals surface area (Å²) in [5.74, 6) is -2.27. The standard InChI is InChI=1S/C13H16O6S/c1-18-12(14)7-10-5-3-4-6-11(10)8-20(16,17)9-13(15)19-2/h3-6H,7-9H2,1-2H3. The van der Waals surface area contributed by atoms with Gasteiger partial charge in [-0.1, -0.05) is 24.3 Å². The number of methoxy groups -OCH3 is 2. The Morgan fingerprint density at radius 1 is 1.00 bits per heavy atom. The second kappa shape index (κ2) is 7.04. The van der Waals surface area contributed by atoms with Crippen molar-refractivity contribution in [1.82, 2.24) is 0 Å². The number of esters is 2. The third-order valence-electron chi connectivity index (χ3n) is 2.62. The topological polar surface area (TPSA) is 86.7 Å². The molecule has 0 spiro atoms. The molecule has 0 radical (unpaired) electrons. The van der Waals surface area contributed by atoms with Crippen molar-refractivity contribution >= 4 is 21.8 Å². The van der Waals surface area contributed by atoms with Gasteiger partial charge in [-0.3, -0.25) is 9.59 Å². The zero-order valence-electron chi connectivity index (χ0n) is 11.3. The zero-order valence-corrected chi connectivity index (χ0v) is 12.1. The van der Waals surface area contributed by atoms with Crippen molar-refractivity contribution < 1.29 is 27.5 Å². The van der Waals surface area contributed by atoms with Gasteiger partial charge in [-0.05, 0) is 11.1 Å². The lowest BCUT2D eigenvalue weighted by atomic mass is 10.1. The van der Waals surface area contributed by atoms with E-state index in [1.165, 1.54) is 7.11 Å². The van der Waals surface area contributed by atoms with Crippen molar-refractivity contribution in [2.24, 2.45) is 0 Å². The molecule has 0 saturated heterocycles. The van der Waals surface area contributed by atoms with Crippen LogP contribution in [0.5, 0.6) is 0 Å². The van der Waals surface area contributed by atoms with Gasteiger partial charge in [0.1, 0.15) is 5.75 Å². The Morgan fingerprint density at radius 3 is 2.10 bits per heavy atom. The van der Waals surface area contributed by atoms with Crippen LogP contribution >= 0.6 is 0 Å². The number of carbonyl (C=O) groups excluding carboxylic acids is 2. The molecule has 110 valence electrons. The Labute approximate surface area is 117 Å². The first-order valence-corrected chi connectivity index (χ1v) is 7.61. The Kier molecular flexibility index (Phi) is 5.69. The molecule has 0 fully saturated rings. The monoisotopic (exact) mass is 300 g/mol. The molecular weight excluding hydrogens is 284 g/mol. The lowest BCUT2D eigenvalue weighted by molar-refractivity contribution is -0.140. The first-order valence-electron chi connectivity index (χ1n) is 5.79. The highest BCUT2D eigenvalue weighted by molar-refractivity contribution is 7.91. The quantitative estimate of drug-likeness (QED) is 0.711. The molecule has 0 aromatic heterocycles. The second-order valence-electron chi connectivity index (χ2n) is 4.13. The van der Waals surface area contributed by atoms with Gasteiger partial charge in [0.05, 0.1) is 26.4 Å². The summed E-state index contributed by atoms with van der Waals surface area (Å²) in [6.45, 7) is 0. The number of hydrogen-bond donors (Lipinski definition) is 0. The Balaban J connectivity index is 2.92. The number of hydrogen-bond acceptors (Lipinski definition) is 6. The van der Waals surface area contributed by atoms with E-state index in [-0.39, 0.29) is 12.2 Å². The summed E-state index contributed by atoms with van der Waals surface area (Å²) < 4.78 is 32.6. The van der Waals surface area contributed by atoms with Gasteiger partial charge in [-0.25, -0.2) is 8.42 Å². The Bertz CT molecular complexity index is 591. The third-order valence-corrected chi connectivity index (χ3v) is 4.05. The lowest BCUT2D eigenvalue weighted by Gasteiger charge is -2.09. The maximum Gasteiger partial charge on any atom is 0.320 e. The molecule has 0 aliphatic heterocycles. The van der Waals surface area contributed by atoms with Crippen molar-refractivity contribution in [3.05, 3.63) is 35.4 Å².